The summed E-state index contributed by atoms with van der Waals surface area (Å²) in [6, 6.07) is 8.48. The van der Waals surface area contributed by atoms with Crippen molar-refractivity contribution in [1.29, 1.82) is 0 Å². The molecule has 0 bridgehead atoms. The van der Waals surface area contributed by atoms with E-state index in [1.807, 2.05) is 41.0 Å². The van der Waals surface area contributed by atoms with Gasteiger partial charge in [-0.05, 0) is 25.3 Å². The van der Waals surface area contributed by atoms with Crippen LogP contribution in [-0.2, 0) is 11.2 Å². The minimum absolute atomic E-state index is 0.0394. The summed E-state index contributed by atoms with van der Waals surface area (Å²) in [6.45, 7) is 4.55. The molecule has 2 fully saturated rings. The lowest BCUT2D eigenvalue weighted by atomic mass is 9.96. The smallest absolute Gasteiger partial charge is 0.317 e. The fourth-order valence-corrected chi connectivity index (χ4v) is 3.66. The fraction of sp³-hybridized carbons (Fsp3) is 0.600. The lowest BCUT2D eigenvalue weighted by Gasteiger charge is -2.36. The lowest BCUT2D eigenvalue weighted by Crippen LogP contribution is -2.54. The van der Waals surface area contributed by atoms with Gasteiger partial charge in [-0.25, -0.2) is 4.79 Å². The number of nitrogens with zero attached hydrogens (tertiary/aromatic N) is 2. The number of hydrogen-bond donors (Lipinski definition) is 1. The molecule has 3 amide bonds. The largest absolute Gasteiger partial charge is 0.339 e. The van der Waals surface area contributed by atoms with Crippen molar-refractivity contribution >= 4 is 11.9 Å². The van der Waals surface area contributed by atoms with Gasteiger partial charge in [-0.1, -0.05) is 49.1 Å². The predicted molar refractivity (Wildman–Crippen MR) is 98.4 cm³/mol. The molecule has 1 saturated heterocycles. The van der Waals surface area contributed by atoms with Crippen molar-refractivity contribution in [3.63, 3.8) is 0 Å². The van der Waals surface area contributed by atoms with Gasteiger partial charge in [0.1, 0.15) is 0 Å². The van der Waals surface area contributed by atoms with Gasteiger partial charge in [0.2, 0.25) is 5.91 Å². The van der Waals surface area contributed by atoms with Crippen LogP contribution >= 0.6 is 0 Å². The molecule has 0 radical (unpaired) electrons. The van der Waals surface area contributed by atoms with E-state index in [0.29, 0.717) is 38.6 Å². The van der Waals surface area contributed by atoms with Crippen LogP contribution in [0, 0.1) is 6.92 Å². The van der Waals surface area contributed by atoms with Gasteiger partial charge in [-0.2, -0.15) is 0 Å². The Balaban J connectivity index is 1.43. The minimum Gasteiger partial charge on any atom is -0.339 e. The topological polar surface area (TPSA) is 52.7 Å². The summed E-state index contributed by atoms with van der Waals surface area (Å²) in [5.74, 6) is 0.149. The van der Waals surface area contributed by atoms with Crippen LogP contribution in [0.15, 0.2) is 24.3 Å². The fourth-order valence-electron chi connectivity index (χ4n) is 3.66. The van der Waals surface area contributed by atoms with Gasteiger partial charge in [-0.15, -0.1) is 0 Å². The van der Waals surface area contributed by atoms with E-state index in [2.05, 4.69) is 5.32 Å². The van der Waals surface area contributed by atoms with Gasteiger partial charge < -0.3 is 15.1 Å². The van der Waals surface area contributed by atoms with Crippen molar-refractivity contribution in [2.45, 2.75) is 51.5 Å². The highest BCUT2D eigenvalue weighted by atomic mass is 16.2. The normalized spacial score (nSPS) is 18.9. The van der Waals surface area contributed by atoms with E-state index >= 15 is 0 Å². The van der Waals surface area contributed by atoms with Gasteiger partial charge in [0.05, 0.1) is 6.42 Å². The van der Waals surface area contributed by atoms with Crippen molar-refractivity contribution in [3.8, 4) is 0 Å². The molecule has 1 aromatic carbocycles. The molecule has 5 heteroatoms. The van der Waals surface area contributed by atoms with Crippen molar-refractivity contribution in [2.24, 2.45) is 0 Å². The highest BCUT2D eigenvalue weighted by molar-refractivity contribution is 5.79. The standard InChI is InChI=1S/C20H29N3O2/c1-16-7-9-17(10-8-16)15-19(24)22-11-13-23(14-12-22)20(25)21-18-5-3-2-4-6-18/h7-10,18H,2-6,11-15H2,1H3,(H,21,25). The molecule has 2 aliphatic rings. The number of carbonyl (C=O) groups is 2. The number of urea groups is 1. The summed E-state index contributed by atoms with van der Waals surface area (Å²) < 4.78 is 0. The zero-order valence-corrected chi connectivity index (χ0v) is 15.2. The number of aryl methyl sites for hydroxylation is 1. The monoisotopic (exact) mass is 343 g/mol. The molecular weight excluding hydrogens is 314 g/mol. The van der Waals surface area contributed by atoms with Gasteiger partial charge in [-0.3, -0.25) is 4.79 Å². The molecule has 25 heavy (non-hydrogen) atoms. The third-order valence-electron chi connectivity index (χ3n) is 5.33. The molecule has 1 heterocycles. The number of nitrogens with one attached hydrogen (secondary N) is 1. The predicted octanol–water partition coefficient (Wildman–Crippen LogP) is 2.72. The molecule has 5 nitrogen and oxygen atoms in total. The first kappa shape index (κ1) is 17.8. The van der Waals surface area contributed by atoms with E-state index < -0.39 is 0 Å². The Morgan fingerprint density at radius 2 is 1.56 bits per heavy atom. The minimum atomic E-state index is 0.0394. The Morgan fingerprint density at radius 1 is 0.960 bits per heavy atom. The van der Waals surface area contributed by atoms with Crippen LogP contribution in [0.1, 0.15) is 43.2 Å². The number of amides is 3. The van der Waals surface area contributed by atoms with Gasteiger partial charge in [0, 0.05) is 32.2 Å². The van der Waals surface area contributed by atoms with Crippen LogP contribution in [0.5, 0.6) is 0 Å². The quantitative estimate of drug-likeness (QED) is 0.917. The zero-order chi connectivity index (χ0) is 17.6. The summed E-state index contributed by atoms with van der Waals surface area (Å²) in [7, 11) is 0. The molecule has 0 spiro atoms. The summed E-state index contributed by atoms with van der Waals surface area (Å²) >= 11 is 0. The maximum atomic E-state index is 12.5. The molecule has 1 N–H and O–H groups in total. The second-order valence-corrected chi connectivity index (χ2v) is 7.31. The summed E-state index contributed by atoms with van der Waals surface area (Å²) in [5, 5.41) is 3.16. The first-order chi connectivity index (χ1) is 12.1. The lowest BCUT2D eigenvalue weighted by molar-refractivity contribution is -0.131. The highest BCUT2D eigenvalue weighted by Crippen LogP contribution is 2.18. The molecule has 0 unspecified atom stereocenters. The number of benzene rings is 1. The Labute approximate surface area is 150 Å². The van der Waals surface area contributed by atoms with Gasteiger partial charge in [0.25, 0.3) is 0 Å². The summed E-state index contributed by atoms with van der Waals surface area (Å²) in [5.41, 5.74) is 2.25. The average Bonchev–Trinajstić information content (AvgIpc) is 2.64. The van der Waals surface area contributed by atoms with E-state index in [-0.39, 0.29) is 11.9 Å². The van der Waals surface area contributed by atoms with E-state index in [1.54, 1.807) is 0 Å². The van der Waals surface area contributed by atoms with Crippen molar-refractivity contribution in [2.75, 3.05) is 26.2 Å². The highest BCUT2D eigenvalue weighted by Gasteiger charge is 2.25. The number of carbonyl (C=O) groups excluding carboxylic acids is 2. The average molecular weight is 343 g/mol. The molecule has 1 saturated carbocycles. The summed E-state index contributed by atoms with van der Waals surface area (Å²) in [4.78, 5) is 28.6. The Kier molecular flexibility index (Phi) is 5.95. The second kappa shape index (κ2) is 8.37. The van der Waals surface area contributed by atoms with E-state index in [9.17, 15) is 9.59 Å². The first-order valence-electron chi connectivity index (χ1n) is 9.50. The SMILES string of the molecule is Cc1ccc(CC(=O)N2CCN(C(=O)NC3CCCCC3)CC2)cc1. The van der Waals surface area contributed by atoms with Crippen LogP contribution in [0.3, 0.4) is 0 Å². The molecule has 3 rings (SSSR count). The summed E-state index contributed by atoms with van der Waals surface area (Å²) in [6.07, 6.45) is 6.35. The number of piperazine rings is 1. The van der Waals surface area contributed by atoms with Crippen molar-refractivity contribution in [3.05, 3.63) is 35.4 Å². The molecule has 1 aliphatic heterocycles. The van der Waals surface area contributed by atoms with Crippen LogP contribution in [0.2, 0.25) is 0 Å². The third-order valence-corrected chi connectivity index (χ3v) is 5.33. The third kappa shape index (κ3) is 4.97. The Morgan fingerprint density at radius 3 is 2.20 bits per heavy atom. The molecular formula is C20H29N3O2. The molecule has 0 atom stereocenters. The zero-order valence-electron chi connectivity index (χ0n) is 15.2. The van der Waals surface area contributed by atoms with E-state index in [1.165, 1.54) is 24.8 Å². The first-order valence-corrected chi connectivity index (χ1v) is 9.50. The van der Waals surface area contributed by atoms with Crippen LogP contribution in [-0.4, -0.2) is 54.0 Å². The van der Waals surface area contributed by atoms with Crippen molar-refractivity contribution < 1.29 is 9.59 Å². The van der Waals surface area contributed by atoms with Crippen molar-refractivity contribution in [1.82, 2.24) is 15.1 Å². The van der Waals surface area contributed by atoms with Crippen LogP contribution in [0.25, 0.3) is 0 Å². The Bertz CT molecular complexity index is 585. The number of hydrogen-bond acceptors (Lipinski definition) is 2. The van der Waals surface area contributed by atoms with E-state index in [0.717, 1.165) is 18.4 Å². The van der Waals surface area contributed by atoms with Crippen LogP contribution < -0.4 is 5.32 Å². The molecule has 136 valence electrons. The number of rotatable bonds is 3. The van der Waals surface area contributed by atoms with Gasteiger partial charge >= 0.3 is 6.03 Å². The molecule has 1 aliphatic carbocycles. The maximum Gasteiger partial charge on any atom is 0.317 e. The van der Waals surface area contributed by atoms with E-state index in [4.69, 9.17) is 0 Å². The maximum absolute atomic E-state index is 12.5. The molecule has 1 aromatic rings. The van der Waals surface area contributed by atoms with Crippen LogP contribution in [0.4, 0.5) is 4.79 Å². The molecule has 0 aromatic heterocycles. The Hall–Kier alpha value is -2.04. The van der Waals surface area contributed by atoms with Gasteiger partial charge in [0.15, 0.2) is 0 Å². The second-order valence-electron chi connectivity index (χ2n) is 7.31.